The van der Waals surface area contributed by atoms with Crippen LogP contribution < -0.4 is 10.1 Å². The van der Waals surface area contributed by atoms with Crippen LogP contribution >= 0.6 is 11.6 Å². The molecule has 0 bridgehead atoms. The highest BCUT2D eigenvalue weighted by Crippen LogP contribution is 2.26. The molecule has 30 heavy (non-hydrogen) atoms. The number of nitrogens with zero attached hydrogens (tertiary/aromatic N) is 2. The average molecular weight is 442 g/mol. The van der Waals surface area contributed by atoms with Crippen molar-refractivity contribution in [2.75, 3.05) is 25.6 Å². The molecule has 160 valence electrons. The number of methoxy groups -OCH3 is 1. The fourth-order valence-corrected chi connectivity index (χ4v) is 3.13. The normalized spacial score (nSPS) is 16.4. The number of hydrogen-bond acceptors (Lipinski definition) is 4. The highest BCUT2D eigenvalue weighted by molar-refractivity contribution is 6.30. The van der Waals surface area contributed by atoms with Crippen LogP contribution in [0.25, 0.3) is 0 Å². The first kappa shape index (κ1) is 21.9. The highest BCUT2D eigenvalue weighted by atomic mass is 35.5. The van der Waals surface area contributed by atoms with Crippen LogP contribution in [0.3, 0.4) is 0 Å². The van der Waals surface area contributed by atoms with E-state index in [-0.39, 0.29) is 11.7 Å². The monoisotopic (exact) mass is 441 g/mol. The lowest BCUT2D eigenvalue weighted by molar-refractivity contribution is -0.274. The zero-order valence-electron chi connectivity index (χ0n) is 15.9. The average Bonchev–Trinajstić information content (AvgIpc) is 3.11. The summed E-state index contributed by atoms with van der Waals surface area (Å²) in [5.41, 5.74) is 1.91. The minimum absolute atomic E-state index is 0.0283. The van der Waals surface area contributed by atoms with Gasteiger partial charge in [-0.2, -0.15) is 5.10 Å². The van der Waals surface area contributed by atoms with Crippen LogP contribution in [0.1, 0.15) is 12.0 Å². The number of urea groups is 1. The van der Waals surface area contributed by atoms with Crippen molar-refractivity contribution in [2.45, 2.75) is 12.8 Å². The fraction of sp³-hybridized carbons (Fsp3) is 0.300. The first-order valence-electron chi connectivity index (χ1n) is 9.03. The molecule has 1 unspecified atom stereocenters. The van der Waals surface area contributed by atoms with Crippen molar-refractivity contribution < 1.29 is 27.4 Å². The number of anilines is 1. The molecule has 0 spiro atoms. The van der Waals surface area contributed by atoms with Gasteiger partial charge >= 0.3 is 12.4 Å². The maximum atomic E-state index is 12.6. The minimum Gasteiger partial charge on any atom is -0.406 e. The van der Waals surface area contributed by atoms with Crippen molar-refractivity contribution in [3.05, 3.63) is 59.1 Å². The molecular formula is C20H19ClF3N3O3. The molecule has 0 fully saturated rings. The zero-order chi connectivity index (χ0) is 21.7. The van der Waals surface area contributed by atoms with Gasteiger partial charge < -0.3 is 14.8 Å². The molecule has 3 rings (SSSR count). The van der Waals surface area contributed by atoms with Gasteiger partial charge in [0, 0.05) is 30.3 Å². The van der Waals surface area contributed by atoms with Gasteiger partial charge in [0.05, 0.1) is 12.3 Å². The van der Waals surface area contributed by atoms with E-state index in [1.165, 1.54) is 17.1 Å². The summed E-state index contributed by atoms with van der Waals surface area (Å²) in [7, 11) is 1.60. The lowest BCUT2D eigenvalue weighted by Gasteiger charge is -2.15. The topological polar surface area (TPSA) is 63.2 Å². The molecule has 0 saturated carbocycles. The van der Waals surface area contributed by atoms with E-state index < -0.39 is 12.4 Å². The molecule has 1 heterocycles. The fourth-order valence-electron chi connectivity index (χ4n) is 3.01. The molecule has 0 radical (unpaired) electrons. The van der Waals surface area contributed by atoms with Gasteiger partial charge in [-0.1, -0.05) is 23.7 Å². The van der Waals surface area contributed by atoms with Crippen molar-refractivity contribution in [3.8, 4) is 5.75 Å². The number of rotatable bonds is 6. The Morgan fingerprint density at radius 3 is 2.47 bits per heavy atom. The molecule has 2 amide bonds. The molecule has 2 aromatic rings. The molecule has 1 N–H and O–H groups in total. The van der Waals surface area contributed by atoms with Crippen LogP contribution in [-0.2, 0) is 4.74 Å². The number of nitrogens with one attached hydrogen (secondary N) is 1. The van der Waals surface area contributed by atoms with Gasteiger partial charge in [-0.05, 0) is 48.4 Å². The molecule has 1 atom stereocenters. The number of carbonyl (C=O) groups excluding carboxylic acids is 1. The molecule has 0 saturated heterocycles. The summed E-state index contributed by atoms with van der Waals surface area (Å²) >= 11 is 5.95. The Hall–Kier alpha value is -2.78. The van der Waals surface area contributed by atoms with Crippen molar-refractivity contribution in [2.24, 2.45) is 11.0 Å². The smallest absolute Gasteiger partial charge is 0.406 e. The van der Waals surface area contributed by atoms with Crippen LogP contribution in [0.4, 0.5) is 23.7 Å². The van der Waals surface area contributed by atoms with E-state index in [0.29, 0.717) is 30.3 Å². The number of amides is 2. The number of hydrazone groups is 1. The number of hydrogen-bond donors (Lipinski definition) is 1. The van der Waals surface area contributed by atoms with Crippen LogP contribution in [0.15, 0.2) is 53.6 Å². The quantitative estimate of drug-likeness (QED) is 0.674. The third-order valence-electron chi connectivity index (χ3n) is 4.39. The number of carbonyl (C=O) groups is 1. The highest BCUT2D eigenvalue weighted by Gasteiger charge is 2.32. The van der Waals surface area contributed by atoms with Gasteiger partial charge in [0.2, 0.25) is 0 Å². The van der Waals surface area contributed by atoms with E-state index in [9.17, 15) is 18.0 Å². The molecule has 1 aliphatic rings. The standard InChI is InChI=1S/C20H19ClF3N3O3/c1-29-11-10-14-12-27(26-18(14)13-2-4-15(21)5-3-13)19(28)25-16-6-8-17(9-7-16)30-20(22,23)24/h2-9,14H,10-12H2,1H3,(H,25,28). The van der Waals surface area contributed by atoms with E-state index in [1.54, 1.807) is 19.2 Å². The van der Waals surface area contributed by atoms with Gasteiger partial charge in [-0.3, -0.25) is 0 Å². The van der Waals surface area contributed by atoms with Gasteiger partial charge in [0.25, 0.3) is 0 Å². The summed E-state index contributed by atoms with van der Waals surface area (Å²) in [6.07, 6.45) is -4.10. The number of benzene rings is 2. The van der Waals surface area contributed by atoms with Crippen molar-refractivity contribution >= 4 is 29.0 Å². The third-order valence-corrected chi connectivity index (χ3v) is 4.64. The summed E-state index contributed by atoms with van der Waals surface area (Å²) in [5.74, 6) is -0.399. The lowest BCUT2D eigenvalue weighted by Crippen LogP contribution is -2.31. The molecule has 0 aromatic heterocycles. The first-order chi connectivity index (χ1) is 14.2. The molecule has 10 heteroatoms. The maximum Gasteiger partial charge on any atom is 0.573 e. The summed E-state index contributed by atoms with van der Waals surface area (Å²) in [6, 6.07) is 11.6. The Labute approximate surface area is 176 Å². The van der Waals surface area contributed by atoms with Crippen molar-refractivity contribution in [3.63, 3.8) is 0 Å². The molecular weight excluding hydrogens is 423 g/mol. The van der Waals surface area contributed by atoms with E-state index in [0.717, 1.165) is 23.4 Å². The van der Waals surface area contributed by atoms with Crippen LogP contribution in [0, 0.1) is 5.92 Å². The Bertz CT molecular complexity index is 902. The maximum absolute atomic E-state index is 12.6. The van der Waals surface area contributed by atoms with Gasteiger partial charge in [0.1, 0.15) is 5.75 Å². The Balaban J connectivity index is 1.71. The van der Waals surface area contributed by atoms with Gasteiger partial charge in [0.15, 0.2) is 0 Å². The molecule has 6 nitrogen and oxygen atoms in total. The second-order valence-corrected chi connectivity index (χ2v) is 6.99. The Morgan fingerprint density at radius 1 is 1.20 bits per heavy atom. The van der Waals surface area contributed by atoms with Crippen LogP contribution in [0.5, 0.6) is 5.75 Å². The summed E-state index contributed by atoms with van der Waals surface area (Å²) in [4.78, 5) is 12.6. The molecule has 2 aromatic carbocycles. The predicted octanol–water partition coefficient (Wildman–Crippen LogP) is 5.14. The van der Waals surface area contributed by atoms with Gasteiger partial charge in [-0.15, -0.1) is 13.2 Å². The largest absolute Gasteiger partial charge is 0.573 e. The molecule has 0 aliphatic carbocycles. The first-order valence-corrected chi connectivity index (χ1v) is 9.40. The Morgan fingerprint density at radius 2 is 1.87 bits per heavy atom. The van der Waals surface area contributed by atoms with Gasteiger partial charge in [-0.25, -0.2) is 9.80 Å². The number of ether oxygens (including phenoxy) is 2. The zero-order valence-corrected chi connectivity index (χ0v) is 16.7. The van der Waals surface area contributed by atoms with E-state index in [4.69, 9.17) is 16.3 Å². The second kappa shape index (κ2) is 9.36. The van der Waals surface area contributed by atoms with Crippen LogP contribution in [0.2, 0.25) is 5.02 Å². The number of alkyl halides is 3. The summed E-state index contributed by atoms with van der Waals surface area (Å²) in [5, 5.41) is 8.96. The molecule has 1 aliphatic heterocycles. The summed E-state index contributed by atoms with van der Waals surface area (Å²) in [6.45, 7) is 0.857. The Kier molecular flexibility index (Phi) is 6.84. The second-order valence-electron chi connectivity index (χ2n) is 6.55. The number of halogens is 4. The van der Waals surface area contributed by atoms with E-state index in [2.05, 4.69) is 15.2 Å². The summed E-state index contributed by atoms with van der Waals surface area (Å²) < 4.78 is 45.7. The predicted molar refractivity (Wildman–Crippen MR) is 107 cm³/mol. The van der Waals surface area contributed by atoms with E-state index in [1.807, 2.05) is 12.1 Å². The lowest BCUT2D eigenvalue weighted by atomic mass is 9.95. The SMILES string of the molecule is COCCC1CN(C(=O)Nc2ccc(OC(F)(F)F)cc2)N=C1c1ccc(Cl)cc1. The third kappa shape index (κ3) is 5.87. The van der Waals surface area contributed by atoms with Crippen LogP contribution in [-0.4, -0.2) is 43.4 Å². The van der Waals surface area contributed by atoms with Crippen molar-refractivity contribution in [1.29, 1.82) is 0 Å². The minimum atomic E-state index is -4.77. The van der Waals surface area contributed by atoms with Crippen molar-refractivity contribution in [1.82, 2.24) is 5.01 Å². The van der Waals surface area contributed by atoms with E-state index >= 15 is 0 Å².